The van der Waals surface area contributed by atoms with E-state index in [0.29, 0.717) is 0 Å². The fraction of sp³-hybridized carbons (Fsp3) is 0.400. The second-order valence-corrected chi connectivity index (χ2v) is 4.77. The summed E-state index contributed by atoms with van der Waals surface area (Å²) in [5, 5.41) is 12.2. The van der Waals surface area contributed by atoms with Gasteiger partial charge in [0.05, 0.1) is 6.10 Å². The van der Waals surface area contributed by atoms with Crippen molar-refractivity contribution in [2.24, 2.45) is 5.92 Å². The van der Waals surface area contributed by atoms with Crippen LogP contribution < -0.4 is 5.32 Å². The van der Waals surface area contributed by atoms with Crippen LogP contribution in [0.2, 0.25) is 0 Å². The SMILES string of the molecule is CC(C)C(O)CNC(=O)C/C=C/c1ccc(F)cc1. The van der Waals surface area contributed by atoms with Crippen LogP contribution in [0.25, 0.3) is 6.08 Å². The topological polar surface area (TPSA) is 49.3 Å². The standard InChI is InChI=1S/C15H20FNO2/c1-11(2)14(18)10-17-15(19)5-3-4-12-6-8-13(16)9-7-12/h3-4,6-9,11,14,18H,5,10H2,1-2H3,(H,17,19)/b4-3+. The van der Waals surface area contributed by atoms with Crippen molar-refractivity contribution in [3.8, 4) is 0 Å². The highest BCUT2D eigenvalue weighted by Crippen LogP contribution is 2.05. The molecule has 1 atom stereocenters. The minimum atomic E-state index is -0.523. The van der Waals surface area contributed by atoms with E-state index >= 15 is 0 Å². The average Bonchev–Trinajstić information content (AvgIpc) is 2.38. The molecule has 0 saturated heterocycles. The average molecular weight is 265 g/mol. The number of hydrogen-bond donors (Lipinski definition) is 2. The number of aliphatic hydroxyl groups excluding tert-OH is 1. The molecule has 0 radical (unpaired) electrons. The minimum absolute atomic E-state index is 0.120. The maximum Gasteiger partial charge on any atom is 0.223 e. The first-order valence-corrected chi connectivity index (χ1v) is 6.36. The summed E-state index contributed by atoms with van der Waals surface area (Å²) in [7, 11) is 0. The Morgan fingerprint density at radius 2 is 2.00 bits per heavy atom. The summed E-state index contributed by atoms with van der Waals surface area (Å²) >= 11 is 0. The van der Waals surface area contributed by atoms with Gasteiger partial charge in [0.1, 0.15) is 5.82 Å². The van der Waals surface area contributed by atoms with Gasteiger partial charge < -0.3 is 10.4 Å². The molecular formula is C15H20FNO2. The summed E-state index contributed by atoms with van der Waals surface area (Å²) in [6.45, 7) is 4.05. The second-order valence-electron chi connectivity index (χ2n) is 4.77. The quantitative estimate of drug-likeness (QED) is 0.829. The first-order chi connectivity index (χ1) is 8.99. The summed E-state index contributed by atoms with van der Waals surface area (Å²) < 4.78 is 12.7. The van der Waals surface area contributed by atoms with E-state index in [9.17, 15) is 14.3 Å². The Labute approximate surface area is 113 Å². The number of carbonyl (C=O) groups is 1. The summed E-state index contributed by atoms with van der Waals surface area (Å²) in [6.07, 6.45) is 3.19. The Balaban J connectivity index is 2.32. The molecule has 0 aliphatic carbocycles. The lowest BCUT2D eigenvalue weighted by atomic mass is 10.1. The third-order valence-electron chi connectivity index (χ3n) is 2.76. The Morgan fingerprint density at radius 3 is 2.58 bits per heavy atom. The van der Waals surface area contributed by atoms with Gasteiger partial charge in [-0.05, 0) is 23.6 Å². The zero-order chi connectivity index (χ0) is 14.3. The molecule has 4 heteroatoms. The van der Waals surface area contributed by atoms with E-state index in [0.717, 1.165) is 5.56 Å². The van der Waals surface area contributed by atoms with E-state index in [-0.39, 0.29) is 30.6 Å². The lowest BCUT2D eigenvalue weighted by Crippen LogP contribution is -2.34. The fourth-order valence-electron chi connectivity index (χ4n) is 1.40. The van der Waals surface area contributed by atoms with Crippen LogP contribution in [-0.2, 0) is 4.79 Å². The van der Waals surface area contributed by atoms with Crippen LogP contribution >= 0.6 is 0 Å². The number of carbonyl (C=O) groups excluding carboxylic acids is 1. The van der Waals surface area contributed by atoms with E-state index in [1.807, 2.05) is 13.8 Å². The number of halogens is 1. The molecule has 1 aromatic rings. The predicted octanol–water partition coefficient (Wildman–Crippen LogP) is 2.36. The Kier molecular flexibility index (Phi) is 6.22. The molecule has 1 unspecified atom stereocenters. The van der Waals surface area contributed by atoms with Gasteiger partial charge in [-0.1, -0.05) is 38.1 Å². The number of hydrogen-bond acceptors (Lipinski definition) is 2. The first-order valence-electron chi connectivity index (χ1n) is 6.36. The molecule has 0 heterocycles. The van der Waals surface area contributed by atoms with Crippen LogP contribution in [0.4, 0.5) is 4.39 Å². The second kappa shape index (κ2) is 7.69. The first kappa shape index (κ1) is 15.4. The van der Waals surface area contributed by atoms with Crippen LogP contribution in [0.3, 0.4) is 0 Å². The molecule has 0 bridgehead atoms. The summed E-state index contributed by atoms with van der Waals surface area (Å²) in [5.74, 6) is -0.300. The molecule has 3 nitrogen and oxygen atoms in total. The zero-order valence-corrected chi connectivity index (χ0v) is 11.3. The molecule has 0 aliphatic heterocycles. The molecule has 0 saturated carbocycles. The highest BCUT2D eigenvalue weighted by atomic mass is 19.1. The third kappa shape index (κ3) is 6.15. The molecule has 0 aliphatic rings. The zero-order valence-electron chi connectivity index (χ0n) is 11.3. The molecule has 19 heavy (non-hydrogen) atoms. The van der Waals surface area contributed by atoms with Crippen molar-refractivity contribution >= 4 is 12.0 Å². The number of rotatable bonds is 6. The highest BCUT2D eigenvalue weighted by Gasteiger charge is 2.09. The van der Waals surface area contributed by atoms with Gasteiger partial charge in [0.2, 0.25) is 5.91 Å². The van der Waals surface area contributed by atoms with Crippen molar-refractivity contribution in [1.29, 1.82) is 0 Å². The summed E-state index contributed by atoms with van der Waals surface area (Å²) in [6, 6.07) is 6.04. The van der Waals surface area contributed by atoms with Gasteiger partial charge in [0, 0.05) is 13.0 Å². The van der Waals surface area contributed by atoms with E-state index in [2.05, 4.69) is 5.32 Å². The van der Waals surface area contributed by atoms with Gasteiger partial charge in [0.25, 0.3) is 0 Å². The van der Waals surface area contributed by atoms with Crippen molar-refractivity contribution in [3.05, 3.63) is 41.7 Å². The Hall–Kier alpha value is -1.68. The monoisotopic (exact) mass is 265 g/mol. The van der Waals surface area contributed by atoms with E-state index in [1.165, 1.54) is 12.1 Å². The van der Waals surface area contributed by atoms with Crippen molar-refractivity contribution in [2.45, 2.75) is 26.4 Å². The summed E-state index contributed by atoms with van der Waals surface area (Å²) in [5.41, 5.74) is 0.844. The normalized spacial score (nSPS) is 12.9. The van der Waals surface area contributed by atoms with Crippen molar-refractivity contribution in [3.63, 3.8) is 0 Å². The largest absolute Gasteiger partial charge is 0.391 e. The molecule has 104 valence electrons. The van der Waals surface area contributed by atoms with Crippen molar-refractivity contribution in [2.75, 3.05) is 6.54 Å². The molecule has 1 amide bonds. The third-order valence-corrected chi connectivity index (χ3v) is 2.76. The van der Waals surface area contributed by atoms with Gasteiger partial charge in [-0.25, -0.2) is 4.39 Å². The Morgan fingerprint density at radius 1 is 1.37 bits per heavy atom. The molecule has 1 aromatic carbocycles. The lowest BCUT2D eigenvalue weighted by Gasteiger charge is -2.14. The maximum atomic E-state index is 12.7. The fourth-order valence-corrected chi connectivity index (χ4v) is 1.40. The number of amides is 1. The van der Waals surface area contributed by atoms with Crippen LogP contribution in [-0.4, -0.2) is 23.7 Å². The number of benzene rings is 1. The van der Waals surface area contributed by atoms with E-state index < -0.39 is 6.10 Å². The van der Waals surface area contributed by atoms with Crippen LogP contribution in [0.15, 0.2) is 30.3 Å². The van der Waals surface area contributed by atoms with Gasteiger partial charge in [-0.15, -0.1) is 0 Å². The van der Waals surface area contributed by atoms with Gasteiger partial charge in [0.15, 0.2) is 0 Å². The summed E-state index contributed by atoms with van der Waals surface area (Å²) in [4.78, 5) is 11.5. The van der Waals surface area contributed by atoms with Crippen LogP contribution in [0.5, 0.6) is 0 Å². The van der Waals surface area contributed by atoms with E-state index in [4.69, 9.17) is 0 Å². The molecule has 0 spiro atoms. The van der Waals surface area contributed by atoms with Crippen molar-refractivity contribution < 1.29 is 14.3 Å². The smallest absolute Gasteiger partial charge is 0.223 e. The van der Waals surface area contributed by atoms with Gasteiger partial charge in [-0.2, -0.15) is 0 Å². The van der Waals surface area contributed by atoms with Crippen molar-refractivity contribution in [1.82, 2.24) is 5.32 Å². The van der Waals surface area contributed by atoms with Gasteiger partial charge in [-0.3, -0.25) is 4.79 Å². The molecule has 2 N–H and O–H groups in total. The molecular weight excluding hydrogens is 245 g/mol. The predicted molar refractivity (Wildman–Crippen MR) is 73.9 cm³/mol. The van der Waals surface area contributed by atoms with E-state index in [1.54, 1.807) is 24.3 Å². The highest BCUT2D eigenvalue weighted by molar-refractivity contribution is 5.78. The van der Waals surface area contributed by atoms with Gasteiger partial charge >= 0.3 is 0 Å². The van der Waals surface area contributed by atoms with Crippen LogP contribution in [0.1, 0.15) is 25.8 Å². The maximum absolute atomic E-state index is 12.7. The minimum Gasteiger partial charge on any atom is -0.391 e. The Bertz CT molecular complexity index is 426. The number of nitrogens with one attached hydrogen (secondary N) is 1. The lowest BCUT2D eigenvalue weighted by molar-refractivity contribution is -0.120. The molecule has 0 aromatic heterocycles. The van der Waals surface area contributed by atoms with Crippen LogP contribution in [0, 0.1) is 11.7 Å². The molecule has 0 fully saturated rings. The molecule has 1 rings (SSSR count). The number of aliphatic hydroxyl groups is 1.